The van der Waals surface area contributed by atoms with Crippen molar-refractivity contribution in [3.63, 3.8) is 0 Å². The summed E-state index contributed by atoms with van der Waals surface area (Å²) in [5, 5.41) is 15.0. The van der Waals surface area contributed by atoms with Gasteiger partial charge in [-0.05, 0) is 36.4 Å². The maximum atomic E-state index is 12.1. The number of carbonyl (C=O) groups is 1. The highest BCUT2D eigenvalue weighted by Crippen LogP contribution is 2.29. The number of anilines is 1. The minimum atomic E-state index is -0.174. The molecule has 0 spiro atoms. The van der Waals surface area contributed by atoms with Crippen LogP contribution in [0.1, 0.15) is 5.56 Å². The molecule has 0 fully saturated rings. The van der Waals surface area contributed by atoms with Gasteiger partial charge >= 0.3 is 0 Å². The van der Waals surface area contributed by atoms with Crippen molar-refractivity contribution in [3.8, 4) is 23.4 Å². The summed E-state index contributed by atoms with van der Waals surface area (Å²) < 4.78 is 11.3. The fourth-order valence-electron chi connectivity index (χ4n) is 2.48. The minimum absolute atomic E-state index is 0.0685. The van der Waals surface area contributed by atoms with Gasteiger partial charge in [0.15, 0.2) is 5.75 Å². The molecule has 3 rings (SSSR count). The molecule has 29 heavy (non-hydrogen) atoms. The van der Waals surface area contributed by atoms with Crippen molar-refractivity contribution in [2.75, 3.05) is 25.0 Å². The van der Waals surface area contributed by atoms with Gasteiger partial charge in [0.05, 0.1) is 18.8 Å². The van der Waals surface area contributed by atoms with Gasteiger partial charge < -0.3 is 20.1 Å². The molecular formula is C22H20N4O3. The van der Waals surface area contributed by atoms with Crippen LogP contribution in [0, 0.1) is 11.3 Å². The SMILES string of the molecule is N#Cc1cccnc1Oc1ccccc1NCC(=O)NCCOc1ccccc1. The van der Waals surface area contributed by atoms with Gasteiger partial charge in [-0.15, -0.1) is 0 Å². The Morgan fingerprint density at radius 2 is 1.83 bits per heavy atom. The van der Waals surface area contributed by atoms with Crippen molar-refractivity contribution in [1.82, 2.24) is 10.3 Å². The van der Waals surface area contributed by atoms with E-state index in [-0.39, 0.29) is 18.3 Å². The van der Waals surface area contributed by atoms with Gasteiger partial charge in [-0.2, -0.15) is 5.26 Å². The monoisotopic (exact) mass is 388 g/mol. The maximum Gasteiger partial charge on any atom is 0.239 e. The zero-order valence-corrected chi connectivity index (χ0v) is 15.7. The van der Waals surface area contributed by atoms with Crippen molar-refractivity contribution in [2.24, 2.45) is 0 Å². The first-order chi connectivity index (χ1) is 14.3. The summed E-state index contributed by atoms with van der Waals surface area (Å²) in [4.78, 5) is 16.2. The predicted octanol–water partition coefficient (Wildman–Crippen LogP) is 3.35. The topological polar surface area (TPSA) is 96.3 Å². The molecule has 2 aromatic carbocycles. The zero-order valence-electron chi connectivity index (χ0n) is 15.7. The van der Waals surface area contributed by atoms with Crippen LogP contribution in [0.3, 0.4) is 0 Å². The number of hydrogen-bond acceptors (Lipinski definition) is 6. The van der Waals surface area contributed by atoms with Crippen LogP contribution in [0.4, 0.5) is 5.69 Å². The Balaban J connectivity index is 1.49. The molecule has 146 valence electrons. The number of ether oxygens (including phenoxy) is 2. The lowest BCUT2D eigenvalue weighted by Gasteiger charge is -2.13. The molecule has 1 amide bonds. The van der Waals surface area contributed by atoms with Gasteiger partial charge in [0, 0.05) is 6.20 Å². The molecule has 0 aliphatic rings. The van der Waals surface area contributed by atoms with E-state index in [9.17, 15) is 4.79 Å². The summed E-state index contributed by atoms with van der Waals surface area (Å²) in [6.45, 7) is 0.845. The number of rotatable bonds is 9. The number of nitrogens with zero attached hydrogens (tertiary/aromatic N) is 2. The third-order valence-corrected chi connectivity index (χ3v) is 3.86. The Morgan fingerprint density at radius 1 is 1.03 bits per heavy atom. The second kappa shape index (κ2) is 10.3. The predicted molar refractivity (Wildman–Crippen MR) is 109 cm³/mol. The average molecular weight is 388 g/mol. The second-order valence-electron chi connectivity index (χ2n) is 5.93. The molecule has 2 N–H and O–H groups in total. The number of nitriles is 1. The third-order valence-electron chi connectivity index (χ3n) is 3.86. The van der Waals surface area contributed by atoms with Crippen molar-refractivity contribution in [3.05, 3.63) is 78.5 Å². The normalized spacial score (nSPS) is 9.90. The van der Waals surface area contributed by atoms with Gasteiger partial charge in [0.2, 0.25) is 11.8 Å². The van der Waals surface area contributed by atoms with E-state index in [2.05, 4.69) is 15.6 Å². The Bertz CT molecular complexity index is 987. The highest BCUT2D eigenvalue weighted by atomic mass is 16.5. The van der Waals surface area contributed by atoms with E-state index in [4.69, 9.17) is 14.7 Å². The zero-order chi connectivity index (χ0) is 20.3. The smallest absolute Gasteiger partial charge is 0.239 e. The van der Waals surface area contributed by atoms with Gasteiger partial charge in [-0.25, -0.2) is 4.98 Å². The molecule has 0 unspecified atom stereocenters. The number of benzene rings is 2. The molecule has 0 aliphatic carbocycles. The van der Waals surface area contributed by atoms with Crippen LogP contribution in [0.15, 0.2) is 72.9 Å². The van der Waals surface area contributed by atoms with Crippen LogP contribution in [0.25, 0.3) is 0 Å². The summed E-state index contributed by atoms with van der Waals surface area (Å²) in [6.07, 6.45) is 1.55. The first-order valence-electron chi connectivity index (χ1n) is 9.06. The van der Waals surface area contributed by atoms with Gasteiger partial charge in [-0.3, -0.25) is 4.79 Å². The first kappa shape index (κ1) is 19.7. The molecule has 3 aromatic rings. The van der Waals surface area contributed by atoms with Crippen molar-refractivity contribution in [2.45, 2.75) is 0 Å². The number of carbonyl (C=O) groups excluding carboxylic acids is 1. The molecule has 1 heterocycles. The van der Waals surface area contributed by atoms with E-state index in [1.165, 1.54) is 0 Å². The largest absolute Gasteiger partial charge is 0.492 e. The van der Waals surface area contributed by atoms with Crippen molar-refractivity contribution < 1.29 is 14.3 Å². The van der Waals surface area contributed by atoms with E-state index in [1.54, 1.807) is 36.5 Å². The fraction of sp³-hybridized carbons (Fsp3) is 0.136. The van der Waals surface area contributed by atoms with E-state index in [1.807, 2.05) is 42.5 Å². The van der Waals surface area contributed by atoms with Gasteiger partial charge in [0.25, 0.3) is 0 Å². The van der Waals surface area contributed by atoms with E-state index in [0.717, 1.165) is 5.75 Å². The molecule has 0 atom stereocenters. The Kier molecular flexibility index (Phi) is 7.02. The Morgan fingerprint density at radius 3 is 2.66 bits per heavy atom. The van der Waals surface area contributed by atoms with Crippen LogP contribution in [0.2, 0.25) is 0 Å². The quantitative estimate of drug-likeness (QED) is 0.546. The molecule has 0 saturated heterocycles. The van der Waals surface area contributed by atoms with Crippen LogP contribution in [-0.4, -0.2) is 30.6 Å². The molecule has 0 saturated carbocycles. The van der Waals surface area contributed by atoms with Crippen molar-refractivity contribution >= 4 is 11.6 Å². The van der Waals surface area contributed by atoms with E-state index >= 15 is 0 Å². The number of aromatic nitrogens is 1. The summed E-state index contributed by atoms with van der Waals surface area (Å²) in [5.41, 5.74) is 0.955. The van der Waals surface area contributed by atoms with Crippen LogP contribution in [0.5, 0.6) is 17.4 Å². The molecule has 7 heteroatoms. The summed E-state index contributed by atoms with van der Waals surface area (Å²) in [7, 11) is 0. The number of pyridine rings is 1. The second-order valence-corrected chi connectivity index (χ2v) is 5.93. The molecule has 7 nitrogen and oxygen atoms in total. The lowest BCUT2D eigenvalue weighted by Crippen LogP contribution is -2.33. The number of para-hydroxylation sites is 3. The molecule has 0 aliphatic heterocycles. The number of nitrogens with one attached hydrogen (secondary N) is 2. The van der Waals surface area contributed by atoms with Crippen LogP contribution >= 0.6 is 0 Å². The highest BCUT2D eigenvalue weighted by Gasteiger charge is 2.10. The van der Waals surface area contributed by atoms with Gasteiger partial charge in [0.1, 0.15) is 24.0 Å². The Hall–Kier alpha value is -4.05. The fourth-order valence-corrected chi connectivity index (χ4v) is 2.48. The molecule has 1 aromatic heterocycles. The summed E-state index contributed by atoms with van der Waals surface area (Å²) >= 11 is 0. The summed E-state index contributed by atoms with van der Waals surface area (Å²) in [5.74, 6) is 1.28. The molecular weight excluding hydrogens is 368 g/mol. The van der Waals surface area contributed by atoms with Crippen LogP contribution < -0.4 is 20.1 Å². The molecule has 0 bridgehead atoms. The number of hydrogen-bond donors (Lipinski definition) is 2. The van der Waals surface area contributed by atoms with Crippen molar-refractivity contribution in [1.29, 1.82) is 5.26 Å². The average Bonchev–Trinajstić information content (AvgIpc) is 2.77. The lowest BCUT2D eigenvalue weighted by molar-refractivity contribution is -0.119. The Labute approximate surface area is 168 Å². The van der Waals surface area contributed by atoms with Gasteiger partial charge in [-0.1, -0.05) is 30.3 Å². The first-order valence-corrected chi connectivity index (χ1v) is 9.06. The third kappa shape index (κ3) is 5.97. The maximum absolute atomic E-state index is 12.1. The highest BCUT2D eigenvalue weighted by molar-refractivity contribution is 5.81. The van der Waals surface area contributed by atoms with Crippen LogP contribution in [-0.2, 0) is 4.79 Å². The lowest BCUT2D eigenvalue weighted by atomic mass is 10.2. The standard InChI is InChI=1S/C22H20N4O3/c23-15-17-7-6-12-25-22(17)29-20-11-5-4-10-19(20)26-16-21(27)24-13-14-28-18-8-2-1-3-9-18/h1-12,26H,13-14,16H2,(H,24,27). The summed E-state index contributed by atoms with van der Waals surface area (Å²) in [6, 6.07) is 21.9. The van der Waals surface area contributed by atoms with E-state index in [0.29, 0.717) is 30.2 Å². The van der Waals surface area contributed by atoms with E-state index < -0.39 is 0 Å². The minimum Gasteiger partial charge on any atom is -0.492 e. The number of amides is 1. The molecule has 0 radical (unpaired) electrons.